The number of anilines is 1. The molecule has 0 bridgehead atoms. The molecule has 0 aliphatic heterocycles. The first-order valence-electron chi connectivity index (χ1n) is 6.87. The third-order valence-electron chi connectivity index (χ3n) is 3.71. The maximum absolute atomic E-state index is 12.3. The largest absolute Gasteiger partial charge is 0.365 e. The summed E-state index contributed by atoms with van der Waals surface area (Å²) in [6.07, 6.45) is 4.04. The monoisotopic (exact) mass is 320 g/mol. The highest BCUT2D eigenvalue weighted by Crippen LogP contribution is 2.38. The lowest BCUT2D eigenvalue weighted by molar-refractivity contribution is 0.100. The Morgan fingerprint density at radius 3 is 2.71 bits per heavy atom. The Balaban J connectivity index is 1.95. The Hall–Kier alpha value is -1.66. The molecular weight excluding hydrogens is 304 g/mol. The van der Waals surface area contributed by atoms with Gasteiger partial charge in [0, 0.05) is 4.88 Å². The predicted octanol–water partition coefficient (Wildman–Crippen LogP) is 3.35. The van der Waals surface area contributed by atoms with Gasteiger partial charge < -0.3 is 11.1 Å². The standard InChI is InChI=1S/C15H16N2O2S2/c1-8-6-7-20-12(8)14(19)17-15-11(13(16)18)9-4-2-3-5-10(9)21-15/h6-7H,2-5H2,1H3,(H2,16,18)(H,17,19). The van der Waals surface area contributed by atoms with E-state index >= 15 is 0 Å². The van der Waals surface area contributed by atoms with E-state index in [2.05, 4.69) is 5.32 Å². The Morgan fingerprint density at radius 1 is 1.29 bits per heavy atom. The molecular formula is C15H16N2O2S2. The van der Waals surface area contributed by atoms with Crippen molar-refractivity contribution in [3.63, 3.8) is 0 Å². The highest BCUT2D eigenvalue weighted by Gasteiger charge is 2.25. The maximum Gasteiger partial charge on any atom is 0.266 e. The number of carbonyl (C=O) groups excluding carboxylic acids is 2. The Morgan fingerprint density at radius 2 is 2.05 bits per heavy atom. The number of fused-ring (bicyclic) bond motifs is 1. The van der Waals surface area contributed by atoms with Gasteiger partial charge in [-0.05, 0) is 55.2 Å². The van der Waals surface area contributed by atoms with Gasteiger partial charge in [0.25, 0.3) is 11.8 Å². The zero-order valence-corrected chi connectivity index (χ0v) is 13.3. The minimum atomic E-state index is -0.451. The number of nitrogens with two attached hydrogens (primary N) is 1. The van der Waals surface area contributed by atoms with Crippen molar-refractivity contribution in [1.82, 2.24) is 0 Å². The predicted molar refractivity (Wildman–Crippen MR) is 86.5 cm³/mol. The van der Waals surface area contributed by atoms with Crippen LogP contribution in [-0.4, -0.2) is 11.8 Å². The molecule has 21 heavy (non-hydrogen) atoms. The van der Waals surface area contributed by atoms with Crippen LogP contribution >= 0.6 is 22.7 Å². The van der Waals surface area contributed by atoms with Gasteiger partial charge in [0.05, 0.1) is 10.4 Å². The van der Waals surface area contributed by atoms with Crippen LogP contribution in [0.2, 0.25) is 0 Å². The van der Waals surface area contributed by atoms with Crippen molar-refractivity contribution in [2.24, 2.45) is 5.73 Å². The summed E-state index contributed by atoms with van der Waals surface area (Å²) in [5, 5.41) is 5.37. The lowest BCUT2D eigenvalue weighted by Gasteiger charge is -2.11. The first-order chi connectivity index (χ1) is 10.1. The molecule has 0 radical (unpaired) electrons. The van der Waals surface area contributed by atoms with Gasteiger partial charge in [0.15, 0.2) is 0 Å². The third-order valence-corrected chi connectivity index (χ3v) is 5.94. The fourth-order valence-electron chi connectivity index (χ4n) is 2.68. The molecule has 2 aromatic heterocycles. The third kappa shape index (κ3) is 2.61. The van der Waals surface area contributed by atoms with Crippen molar-refractivity contribution < 1.29 is 9.59 Å². The van der Waals surface area contributed by atoms with E-state index < -0.39 is 5.91 Å². The molecule has 110 valence electrons. The number of amides is 2. The summed E-state index contributed by atoms with van der Waals surface area (Å²) in [6.45, 7) is 1.90. The first-order valence-corrected chi connectivity index (χ1v) is 8.57. The molecule has 6 heteroatoms. The highest BCUT2D eigenvalue weighted by atomic mass is 32.1. The normalized spacial score (nSPS) is 13.8. The summed E-state index contributed by atoms with van der Waals surface area (Å²) in [4.78, 5) is 26.0. The molecule has 3 rings (SSSR count). The molecule has 1 aliphatic rings. The zero-order chi connectivity index (χ0) is 15.0. The summed E-state index contributed by atoms with van der Waals surface area (Å²) in [6, 6.07) is 1.91. The van der Waals surface area contributed by atoms with E-state index in [1.54, 1.807) is 0 Å². The van der Waals surface area contributed by atoms with E-state index in [4.69, 9.17) is 5.73 Å². The van der Waals surface area contributed by atoms with Crippen molar-refractivity contribution in [2.45, 2.75) is 32.6 Å². The van der Waals surface area contributed by atoms with E-state index in [0.29, 0.717) is 15.4 Å². The molecule has 0 saturated heterocycles. The zero-order valence-electron chi connectivity index (χ0n) is 11.7. The van der Waals surface area contributed by atoms with Crippen molar-refractivity contribution in [2.75, 3.05) is 5.32 Å². The van der Waals surface area contributed by atoms with Crippen LogP contribution in [0, 0.1) is 6.92 Å². The van der Waals surface area contributed by atoms with Gasteiger partial charge in [-0.2, -0.15) is 0 Å². The molecule has 0 spiro atoms. The number of carbonyl (C=O) groups is 2. The molecule has 2 aromatic rings. The quantitative estimate of drug-likeness (QED) is 0.910. The van der Waals surface area contributed by atoms with E-state index in [9.17, 15) is 9.59 Å². The van der Waals surface area contributed by atoms with E-state index in [1.165, 1.54) is 27.6 Å². The number of nitrogens with one attached hydrogen (secondary N) is 1. The molecule has 0 fully saturated rings. The summed E-state index contributed by atoms with van der Waals surface area (Å²) >= 11 is 2.90. The average molecular weight is 320 g/mol. The van der Waals surface area contributed by atoms with Gasteiger partial charge in [0.1, 0.15) is 5.00 Å². The summed E-state index contributed by atoms with van der Waals surface area (Å²) in [7, 11) is 0. The Labute approximate surface area is 131 Å². The molecule has 0 saturated carbocycles. The molecule has 0 atom stereocenters. The van der Waals surface area contributed by atoms with Crippen LogP contribution in [0.4, 0.5) is 5.00 Å². The maximum atomic E-state index is 12.3. The molecule has 0 aromatic carbocycles. The van der Waals surface area contributed by atoms with E-state index in [-0.39, 0.29) is 5.91 Å². The summed E-state index contributed by atoms with van der Waals surface area (Å²) in [5.74, 6) is -0.615. The number of primary amides is 1. The van der Waals surface area contributed by atoms with Gasteiger partial charge in [-0.15, -0.1) is 22.7 Å². The van der Waals surface area contributed by atoms with Crippen molar-refractivity contribution in [1.29, 1.82) is 0 Å². The van der Waals surface area contributed by atoms with Crippen molar-refractivity contribution >= 4 is 39.5 Å². The Kier molecular flexibility index (Phi) is 3.82. The highest BCUT2D eigenvalue weighted by molar-refractivity contribution is 7.17. The van der Waals surface area contributed by atoms with Crippen LogP contribution in [-0.2, 0) is 12.8 Å². The molecule has 2 amide bonds. The summed E-state index contributed by atoms with van der Waals surface area (Å²) in [5.41, 5.74) is 8.02. The SMILES string of the molecule is Cc1ccsc1C(=O)Nc1sc2c(c1C(N)=O)CCCC2. The van der Waals surface area contributed by atoms with Gasteiger partial charge in [0.2, 0.25) is 0 Å². The second kappa shape index (κ2) is 5.61. The molecule has 4 nitrogen and oxygen atoms in total. The number of aryl methyl sites for hydroxylation is 2. The summed E-state index contributed by atoms with van der Waals surface area (Å²) < 4.78 is 0. The minimum absolute atomic E-state index is 0.163. The second-order valence-electron chi connectivity index (χ2n) is 5.17. The topological polar surface area (TPSA) is 72.2 Å². The second-order valence-corrected chi connectivity index (χ2v) is 7.19. The number of hydrogen-bond donors (Lipinski definition) is 2. The lowest BCUT2D eigenvalue weighted by atomic mass is 9.95. The van der Waals surface area contributed by atoms with Crippen molar-refractivity contribution in [3.8, 4) is 0 Å². The van der Waals surface area contributed by atoms with Crippen LogP contribution in [0.25, 0.3) is 0 Å². The fourth-order valence-corrected chi connectivity index (χ4v) is 4.79. The van der Waals surface area contributed by atoms with Crippen LogP contribution < -0.4 is 11.1 Å². The van der Waals surface area contributed by atoms with Gasteiger partial charge in [-0.1, -0.05) is 0 Å². The smallest absolute Gasteiger partial charge is 0.266 e. The molecule has 3 N–H and O–H groups in total. The molecule has 0 unspecified atom stereocenters. The minimum Gasteiger partial charge on any atom is -0.365 e. The number of rotatable bonds is 3. The lowest BCUT2D eigenvalue weighted by Crippen LogP contribution is -2.18. The number of thiophene rings is 2. The molecule has 1 aliphatic carbocycles. The van der Waals surface area contributed by atoms with Crippen LogP contribution in [0.5, 0.6) is 0 Å². The van der Waals surface area contributed by atoms with Crippen molar-refractivity contribution in [3.05, 3.63) is 37.9 Å². The molecule has 2 heterocycles. The van der Waals surface area contributed by atoms with Gasteiger partial charge >= 0.3 is 0 Å². The van der Waals surface area contributed by atoms with Crippen LogP contribution in [0.3, 0.4) is 0 Å². The van der Waals surface area contributed by atoms with Crippen LogP contribution in [0.15, 0.2) is 11.4 Å². The number of hydrogen-bond acceptors (Lipinski definition) is 4. The fraction of sp³-hybridized carbons (Fsp3) is 0.333. The average Bonchev–Trinajstić information content (AvgIpc) is 3.01. The Bertz CT molecular complexity index is 715. The van der Waals surface area contributed by atoms with E-state index in [1.807, 2.05) is 18.4 Å². The van der Waals surface area contributed by atoms with Crippen LogP contribution in [0.1, 0.15) is 48.9 Å². The van der Waals surface area contributed by atoms with Gasteiger partial charge in [-0.25, -0.2) is 0 Å². The van der Waals surface area contributed by atoms with Gasteiger partial charge in [-0.3, -0.25) is 9.59 Å². The van der Waals surface area contributed by atoms with E-state index in [0.717, 1.165) is 36.8 Å². The first kappa shape index (κ1) is 14.3.